The van der Waals surface area contributed by atoms with Crippen molar-refractivity contribution < 1.29 is 4.74 Å². The van der Waals surface area contributed by atoms with Crippen LogP contribution < -0.4 is 21.5 Å². The van der Waals surface area contributed by atoms with Crippen LogP contribution in [0.3, 0.4) is 0 Å². The van der Waals surface area contributed by atoms with Crippen LogP contribution in [-0.4, -0.2) is 36.1 Å². The summed E-state index contributed by atoms with van der Waals surface area (Å²) in [5.74, 6) is 1.35. The number of ether oxygens (including phenoxy) is 1. The minimum Gasteiger partial charge on any atom is -0.494 e. The molecule has 0 saturated heterocycles. The molecule has 0 spiro atoms. The molecule has 0 aliphatic heterocycles. The minimum atomic E-state index is 0.122. The van der Waals surface area contributed by atoms with Crippen LogP contribution in [-0.2, 0) is 13.1 Å². The molecule has 0 fully saturated rings. The van der Waals surface area contributed by atoms with Crippen LogP contribution in [0.15, 0.2) is 55.1 Å². The third kappa shape index (κ3) is 4.32. The number of nitrogens with zero attached hydrogens (tertiary/aromatic N) is 6. The maximum atomic E-state index is 6.35. The number of nitrogens with two attached hydrogens (primary N) is 2. The van der Waals surface area contributed by atoms with Crippen molar-refractivity contribution in [3.05, 3.63) is 55.1 Å². The third-order valence-corrected chi connectivity index (χ3v) is 4.42. The van der Waals surface area contributed by atoms with Crippen LogP contribution in [0.25, 0.3) is 11.3 Å². The van der Waals surface area contributed by atoms with E-state index in [1.165, 1.54) is 0 Å². The maximum absolute atomic E-state index is 6.35. The molecule has 0 unspecified atom stereocenters. The second kappa shape index (κ2) is 8.52. The van der Waals surface area contributed by atoms with Crippen molar-refractivity contribution in [2.45, 2.75) is 20.0 Å². The van der Waals surface area contributed by atoms with Gasteiger partial charge in [-0.25, -0.2) is 4.98 Å². The van der Waals surface area contributed by atoms with Gasteiger partial charge in [0.15, 0.2) is 5.82 Å². The number of anilines is 4. The van der Waals surface area contributed by atoms with Crippen molar-refractivity contribution in [3.63, 3.8) is 0 Å². The van der Waals surface area contributed by atoms with Crippen LogP contribution in [0.1, 0.15) is 6.92 Å². The predicted octanol–water partition coefficient (Wildman–Crippen LogP) is 2.54. The molecule has 0 bridgehead atoms. The number of nitrogens with one attached hydrogen (secondary N) is 1. The molecule has 3 heterocycles. The highest BCUT2D eigenvalue weighted by molar-refractivity contribution is 5.83. The average molecular weight is 405 g/mol. The quantitative estimate of drug-likeness (QED) is 0.407. The van der Waals surface area contributed by atoms with Gasteiger partial charge in [-0.15, -0.1) is 0 Å². The Bertz CT molecular complexity index is 1100. The lowest BCUT2D eigenvalue weighted by Crippen LogP contribution is -2.08. The summed E-state index contributed by atoms with van der Waals surface area (Å²) < 4.78 is 9.12. The predicted molar refractivity (Wildman–Crippen MR) is 115 cm³/mol. The van der Waals surface area contributed by atoms with E-state index >= 15 is 0 Å². The lowest BCUT2D eigenvalue weighted by Gasteiger charge is -2.12. The zero-order valence-corrected chi connectivity index (χ0v) is 16.6. The van der Waals surface area contributed by atoms with Gasteiger partial charge in [-0.3, -0.25) is 9.36 Å². The molecule has 30 heavy (non-hydrogen) atoms. The van der Waals surface area contributed by atoms with Gasteiger partial charge in [0.05, 0.1) is 25.9 Å². The van der Waals surface area contributed by atoms with E-state index in [9.17, 15) is 0 Å². The summed E-state index contributed by atoms with van der Waals surface area (Å²) >= 11 is 0. The van der Waals surface area contributed by atoms with Crippen molar-refractivity contribution in [2.75, 3.05) is 23.4 Å². The zero-order valence-electron chi connectivity index (χ0n) is 16.6. The highest BCUT2D eigenvalue weighted by Crippen LogP contribution is 2.31. The zero-order chi connectivity index (χ0) is 20.9. The molecule has 10 heteroatoms. The first kappa shape index (κ1) is 19.2. The van der Waals surface area contributed by atoms with Gasteiger partial charge in [0.2, 0.25) is 5.95 Å². The molecule has 1 aromatic carbocycles. The summed E-state index contributed by atoms with van der Waals surface area (Å²) in [4.78, 5) is 8.57. The second-order valence-electron chi connectivity index (χ2n) is 6.54. The van der Waals surface area contributed by atoms with E-state index in [1.54, 1.807) is 12.4 Å². The number of rotatable bonds is 8. The van der Waals surface area contributed by atoms with Crippen molar-refractivity contribution in [1.82, 2.24) is 29.5 Å². The first-order chi connectivity index (χ1) is 14.6. The molecular weight excluding hydrogens is 382 g/mol. The van der Waals surface area contributed by atoms with E-state index in [0.717, 1.165) is 17.0 Å². The lowest BCUT2D eigenvalue weighted by atomic mass is 10.2. The number of nitrogen functional groups attached to an aromatic ring is 2. The molecule has 0 atom stereocenters. The maximum Gasteiger partial charge on any atom is 0.222 e. The molecule has 154 valence electrons. The molecular formula is C20H23N9O. The monoisotopic (exact) mass is 405 g/mol. The summed E-state index contributed by atoms with van der Waals surface area (Å²) in [7, 11) is 0. The van der Waals surface area contributed by atoms with Gasteiger partial charge >= 0.3 is 0 Å². The van der Waals surface area contributed by atoms with Crippen molar-refractivity contribution >= 4 is 23.1 Å². The van der Waals surface area contributed by atoms with Gasteiger partial charge in [0, 0.05) is 29.8 Å². The van der Waals surface area contributed by atoms with E-state index in [0.29, 0.717) is 36.9 Å². The molecule has 0 aliphatic rings. The topological polar surface area (TPSA) is 135 Å². The summed E-state index contributed by atoms with van der Waals surface area (Å²) in [5, 5.41) is 11.8. The van der Waals surface area contributed by atoms with Gasteiger partial charge in [-0.2, -0.15) is 15.2 Å². The van der Waals surface area contributed by atoms with Crippen LogP contribution in [0, 0.1) is 0 Å². The summed E-state index contributed by atoms with van der Waals surface area (Å²) in [6.45, 7) is 3.93. The Morgan fingerprint density at radius 1 is 1.03 bits per heavy atom. The fourth-order valence-electron chi connectivity index (χ4n) is 2.99. The van der Waals surface area contributed by atoms with E-state index in [4.69, 9.17) is 16.2 Å². The molecule has 0 amide bonds. The van der Waals surface area contributed by atoms with E-state index < -0.39 is 0 Å². The Morgan fingerprint density at radius 3 is 2.57 bits per heavy atom. The molecule has 5 N–H and O–H groups in total. The first-order valence-corrected chi connectivity index (χ1v) is 9.55. The van der Waals surface area contributed by atoms with Crippen molar-refractivity contribution in [3.8, 4) is 17.0 Å². The van der Waals surface area contributed by atoms with Crippen LogP contribution in [0.5, 0.6) is 5.75 Å². The van der Waals surface area contributed by atoms with E-state index in [2.05, 4.69) is 25.5 Å². The number of hydrogen-bond donors (Lipinski definition) is 3. The normalized spacial score (nSPS) is 10.8. The van der Waals surface area contributed by atoms with E-state index in [1.807, 2.05) is 59.0 Å². The minimum absolute atomic E-state index is 0.122. The number of hydrogen-bond acceptors (Lipinski definition) is 8. The van der Waals surface area contributed by atoms with Crippen molar-refractivity contribution in [1.29, 1.82) is 0 Å². The smallest absolute Gasteiger partial charge is 0.222 e. The SMILES string of the molecule is CCOc1ccc(Nc2nc(N)nc(-c3cnn(CCn4cccn4)c3)c2N)cc1. The second-order valence-corrected chi connectivity index (χ2v) is 6.54. The third-order valence-electron chi connectivity index (χ3n) is 4.42. The van der Waals surface area contributed by atoms with Crippen LogP contribution in [0.2, 0.25) is 0 Å². The van der Waals surface area contributed by atoms with Crippen LogP contribution in [0.4, 0.5) is 23.1 Å². The highest BCUT2D eigenvalue weighted by Gasteiger charge is 2.15. The Hall–Kier alpha value is -4.08. The fraction of sp³-hybridized carbons (Fsp3) is 0.200. The Kier molecular flexibility index (Phi) is 5.46. The standard InChI is InChI=1S/C20H23N9O/c1-2-30-16-6-4-15(5-7-16)25-19-17(21)18(26-20(22)27-19)14-12-24-29(13-14)11-10-28-9-3-8-23-28/h3-9,12-13H,2,10-11,21H2,1H3,(H3,22,25,26,27). The molecule has 3 aromatic heterocycles. The summed E-state index contributed by atoms with van der Waals surface area (Å²) in [5.41, 5.74) is 14.8. The van der Waals surface area contributed by atoms with Gasteiger partial charge in [-0.1, -0.05) is 0 Å². The molecule has 0 radical (unpaired) electrons. The van der Waals surface area contributed by atoms with Crippen LogP contribution >= 0.6 is 0 Å². The van der Waals surface area contributed by atoms with Gasteiger partial charge in [-0.05, 0) is 37.3 Å². The summed E-state index contributed by atoms with van der Waals surface area (Å²) in [6.07, 6.45) is 7.24. The van der Waals surface area contributed by atoms with Crippen molar-refractivity contribution in [2.24, 2.45) is 0 Å². The number of aryl methyl sites for hydroxylation is 2. The molecule has 0 saturated carbocycles. The lowest BCUT2D eigenvalue weighted by molar-refractivity contribution is 0.340. The first-order valence-electron chi connectivity index (χ1n) is 9.55. The largest absolute Gasteiger partial charge is 0.494 e. The Balaban J connectivity index is 1.53. The highest BCUT2D eigenvalue weighted by atomic mass is 16.5. The molecule has 10 nitrogen and oxygen atoms in total. The van der Waals surface area contributed by atoms with E-state index in [-0.39, 0.29) is 5.95 Å². The number of aromatic nitrogens is 6. The van der Waals surface area contributed by atoms with Gasteiger partial charge < -0.3 is 21.5 Å². The average Bonchev–Trinajstić information content (AvgIpc) is 3.42. The molecule has 4 rings (SSSR count). The van der Waals surface area contributed by atoms with Gasteiger partial charge in [0.25, 0.3) is 0 Å². The van der Waals surface area contributed by atoms with Gasteiger partial charge in [0.1, 0.15) is 17.1 Å². The summed E-state index contributed by atoms with van der Waals surface area (Å²) in [6, 6.07) is 9.40. The molecule has 0 aliphatic carbocycles. The number of benzene rings is 1. The molecule has 4 aromatic rings. The Morgan fingerprint density at radius 2 is 1.83 bits per heavy atom. The fourth-order valence-corrected chi connectivity index (χ4v) is 2.99. The Labute approximate surface area is 173 Å².